The van der Waals surface area contributed by atoms with Gasteiger partial charge in [-0.05, 0) is 65.9 Å². The van der Waals surface area contributed by atoms with Crippen molar-refractivity contribution >= 4 is 21.7 Å². The molecule has 7 nitrogen and oxygen atoms in total. The topological polar surface area (TPSA) is 91.4 Å². The number of piperidine rings is 1. The quantitative estimate of drug-likeness (QED) is 0.529. The first-order valence-corrected chi connectivity index (χ1v) is 12.9. The lowest BCUT2D eigenvalue weighted by atomic mass is 10.0. The number of rotatable bonds is 5. The Bertz CT molecular complexity index is 1380. The average Bonchev–Trinajstić information content (AvgIpc) is 3.24. The van der Waals surface area contributed by atoms with Crippen molar-refractivity contribution < 1.29 is 26.4 Å². The van der Waals surface area contributed by atoms with Crippen LogP contribution in [0.4, 0.5) is 19.0 Å². The van der Waals surface area contributed by atoms with Crippen LogP contribution in [0.5, 0.6) is 0 Å². The van der Waals surface area contributed by atoms with Gasteiger partial charge in [0.1, 0.15) is 5.82 Å². The Kier molecular flexibility index (Phi) is 6.21. The minimum Gasteiger partial charge on any atom is -0.367 e. The molecule has 3 aromatic rings. The Morgan fingerprint density at radius 3 is 2.31 bits per heavy atom. The highest BCUT2D eigenvalue weighted by Gasteiger charge is 2.32. The molecule has 2 N–H and O–H groups in total. The molecular formula is C25H23F3N4O3S. The Balaban J connectivity index is 1.21. The summed E-state index contributed by atoms with van der Waals surface area (Å²) in [6.07, 6.45) is -2.66. The second kappa shape index (κ2) is 9.21. The van der Waals surface area contributed by atoms with E-state index in [9.17, 15) is 26.4 Å². The number of anilines is 1. The van der Waals surface area contributed by atoms with E-state index < -0.39 is 21.8 Å². The van der Waals surface area contributed by atoms with Crippen molar-refractivity contribution in [1.29, 1.82) is 0 Å². The molecule has 0 unspecified atom stereocenters. The van der Waals surface area contributed by atoms with Crippen LogP contribution in [0.1, 0.15) is 34.3 Å². The first-order chi connectivity index (χ1) is 17.1. The van der Waals surface area contributed by atoms with Gasteiger partial charge in [-0.25, -0.2) is 13.4 Å². The van der Waals surface area contributed by atoms with Crippen LogP contribution in [0.15, 0.2) is 65.7 Å². The van der Waals surface area contributed by atoms with Crippen LogP contribution in [0.3, 0.4) is 0 Å². The molecule has 0 saturated carbocycles. The third-order valence-electron chi connectivity index (χ3n) is 6.51. The Morgan fingerprint density at radius 2 is 1.67 bits per heavy atom. The molecule has 0 aliphatic carbocycles. The fraction of sp³-hybridized carbons (Fsp3) is 0.280. The molecule has 1 saturated heterocycles. The highest BCUT2D eigenvalue weighted by atomic mass is 32.2. The van der Waals surface area contributed by atoms with Crippen LogP contribution < -0.4 is 10.6 Å². The monoisotopic (exact) mass is 516 g/mol. The number of sulfonamides is 1. The maximum absolute atomic E-state index is 13.2. The van der Waals surface area contributed by atoms with Crippen molar-refractivity contribution in [3.63, 3.8) is 0 Å². The van der Waals surface area contributed by atoms with E-state index in [1.165, 1.54) is 10.4 Å². The molecule has 188 valence electrons. The Morgan fingerprint density at radius 1 is 0.972 bits per heavy atom. The van der Waals surface area contributed by atoms with Crippen molar-refractivity contribution in [2.75, 3.05) is 18.4 Å². The number of halogens is 3. The van der Waals surface area contributed by atoms with Gasteiger partial charge in [-0.1, -0.05) is 18.2 Å². The number of pyridine rings is 1. The zero-order chi connectivity index (χ0) is 25.5. The highest BCUT2D eigenvalue weighted by Crippen LogP contribution is 2.30. The van der Waals surface area contributed by atoms with Gasteiger partial charge in [-0.15, -0.1) is 0 Å². The summed E-state index contributed by atoms with van der Waals surface area (Å²) in [5.41, 5.74) is 2.51. The van der Waals surface area contributed by atoms with E-state index in [1.54, 1.807) is 30.3 Å². The minimum absolute atomic E-state index is 0.0902. The number of hydrogen-bond donors (Lipinski definition) is 2. The normalized spacial score (nSPS) is 17.0. The largest absolute Gasteiger partial charge is 0.417 e. The van der Waals surface area contributed by atoms with Gasteiger partial charge in [-0.2, -0.15) is 17.5 Å². The minimum atomic E-state index is -4.44. The maximum Gasteiger partial charge on any atom is 0.417 e. The summed E-state index contributed by atoms with van der Waals surface area (Å²) >= 11 is 0. The van der Waals surface area contributed by atoms with Gasteiger partial charge in [0.25, 0.3) is 5.91 Å². The first kappa shape index (κ1) is 24.3. The lowest BCUT2D eigenvalue weighted by Gasteiger charge is -2.32. The van der Waals surface area contributed by atoms with Gasteiger partial charge in [0, 0.05) is 37.4 Å². The summed E-state index contributed by atoms with van der Waals surface area (Å²) in [5.74, 6) is 0.235. The summed E-state index contributed by atoms with van der Waals surface area (Å²) < 4.78 is 65.9. The number of nitrogens with zero attached hydrogens (tertiary/aromatic N) is 2. The number of aromatic nitrogens is 1. The molecule has 11 heteroatoms. The number of carbonyl (C=O) groups excluding carboxylic acids is 1. The standard InChI is InChI=1S/C25H23F3N4O3S/c26-25(27,28)19-4-8-23(29-15-19)31-20-9-11-32(12-10-20)36(34,35)21-5-1-16(2-6-21)17-3-7-22-18(13-17)14-30-24(22)33/h1-8,13,15,20H,9-12,14H2,(H,29,31)(H,30,33). The molecule has 36 heavy (non-hydrogen) atoms. The van der Waals surface area contributed by atoms with Crippen molar-refractivity contribution in [1.82, 2.24) is 14.6 Å². The van der Waals surface area contributed by atoms with Gasteiger partial charge < -0.3 is 10.6 Å². The summed E-state index contributed by atoms with van der Waals surface area (Å²) in [6.45, 7) is 1.05. The third-order valence-corrected chi connectivity index (χ3v) is 8.42. The van der Waals surface area contributed by atoms with Gasteiger partial charge in [-0.3, -0.25) is 4.79 Å². The fourth-order valence-electron chi connectivity index (χ4n) is 4.48. The van der Waals surface area contributed by atoms with Crippen LogP contribution >= 0.6 is 0 Å². The molecule has 1 amide bonds. The molecule has 2 aliphatic rings. The summed E-state index contributed by atoms with van der Waals surface area (Å²) in [5, 5.41) is 5.87. The van der Waals surface area contributed by atoms with Crippen molar-refractivity contribution in [2.24, 2.45) is 0 Å². The predicted octanol–water partition coefficient (Wildman–Crippen LogP) is 4.28. The van der Waals surface area contributed by atoms with Crippen molar-refractivity contribution in [3.8, 4) is 11.1 Å². The van der Waals surface area contributed by atoms with Crippen molar-refractivity contribution in [2.45, 2.75) is 36.5 Å². The summed E-state index contributed by atoms with van der Waals surface area (Å²) in [4.78, 5) is 15.8. The van der Waals surface area contributed by atoms with E-state index in [1.807, 2.05) is 12.1 Å². The lowest BCUT2D eigenvalue weighted by molar-refractivity contribution is -0.137. The number of nitrogens with one attached hydrogen (secondary N) is 2. The molecular weight excluding hydrogens is 493 g/mol. The Labute approximate surface area is 206 Å². The molecule has 1 fully saturated rings. The molecule has 3 heterocycles. The van der Waals surface area contributed by atoms with E-state index >= 15 is 0 Å². The zero-order valence-electron chi connectivity index (χ0n) is 19.0. The molecule has 0 spiro atoms. The van der Waals surface area contributed by atoms with Crippen molar-refractivity contribution in [3.05, 3.63) is 77.5 Å². The first-order valence-electron chi connectivity index (χ1n) is 11.4. The predicted molar refractivity (Wildman–Crippen MR) is 128 cm³/mol. The molecule has 2 aliphatic heterocycles. The van der Waals surface area contributed by atoms with Crippen LogP contribution in [-0.4, -0.2) is 42.7 Å². The highest BCUT2D eigenvalue weighted by molar-refractivity contribution is 7.89. The molecule has 0 atom stereocenters. The Hall–Kier alpha value is -3.44. The van der Waals surface area contributed by atoms with Crippen LogP contribution in [0, 0.1) is 0 Å². The number of carbonyl (C=O) groups is 1. The second-order valence-electron chi connectivity index (χ2n) is 8.83. The maximum atomic E-state index is 13.2. The molecule has 2 aromatic carbocycles. The van der Waals surface area contributed by atoms with E-state index in [2.05, 4.69) is 15.6 Å². The number of benzene rings is 2. The van der Waals surface area contributed by atoms with Gasteiger partial charge >= 0.3 is 6.18 Å². The number of hydrogen-bond acceptors (Lipinski definition) is 5. The van der Waals surface area contributed by atoms with E-state index in [4.69, 9.17) is 0 Å². The fourth-order valence-corrected chi connectivity index (χ4v) is 5.95. The third kappa shape index (κ3) is 4.80. The zero-order valence-corrected chi connectivity index (χ0v) is 19.9. The van der Waals surface area contributed by atoms with Gasteiger partial charge in [0.05, 0.1) is 10.5 Å². The molecule has 0 radical (unpaired) electrons. The molecule has 0 bridgehead atoms. The summed E-state index contributed by atoms with van der Waals surface area (Å²) in [6, 6.07) is 14.4. The van der Waals surface area contributed by atoms with E-state index in [-0.39, 0.29) is 29.9 Å². The average molecular weight is 517 g/mol. The van der Waals surface area contributed by atoms with Gasteiger partial charge in [0.2, 0.25) is 10.0 Å². The number of amides is 1. The van der Waals surface area contributed by atoms with Crippen LogP contribution in [0.25, 0.3) is 11.1 Å². The number of fused-ring (bicyclic) bond motifs is 1. The molecule has 5 rings (SSSR count). The van der Waals surface area contributed by atoms with Crippen LogP contribution in [-0.2, 0) is 22.7 Å². The SMILES string of the molecule is O=C1NCc2cc(-c3ccc(S(=O)(=O)N4CCC(Nc5ccc(C(F)(F)F)cn5)CC4)cc3)ccc21. The van der Waals surface area contributed by atoms with Crippen LogP contribution in [0.2, 0.25) is 0 Å². The van der Waals surface area contributed by atoms with Gasteiger partial charge in [0.15, 0.2) is 0 Å². The second-order valence-corrected chi connectivity index (χ2v) is 10.8. The lowest BCUT2D eigenvalue weighted by Crippen LogP contribution is -2.42. The smallest absolute Gasteiger partial charge is 0.367 e. The summed E-state index contributed by atoms with van der Waals surface area (Å²) in [7, 11) is -3.69. The number of alkyl halides is 3. The van der Waals surface area contributed by atoms with E-state index in [0.717, 1.165) is 29.0 Å². The molecule has 1 aromatic heterocycles. The van der Waals surface area contributed by atoms with E-state index in [0.29, 0.717) is 30.8 Å².